The molecule has 0 spiro atoms. The molecule has 0 saturated carbocycles. The number of aromatic nitrogens is 2. The summed E-state index contributed by atoms with van der Waals surface area (Å²) in [4.78, 5) is 21.5. The zero-order valence-corrected chi connectivity index (χ0v) is 12.1. The molecule has 0 atom stereocenters. The van der Waals surface area contributed by atoms with Crippen LogP contribution in [0.4, 0.5) is 5.13 Å². The summed E-state index contributed by atoms with van der Waals surface area (Å²) in [6.07, 6.45) is 1.26. The average Bonchev–Trinajstić information content (AvgIpc) is 2.76. The first-order valence-electron chi connectivity index (χ1n) is 5.21. The second kappa shape index (κ2) is 6.54. The third-order valence-corrected chi connectivity index (χ3v) is 4.89. The number of hydrogen-bond acceptors (Lipinski definition) is 7. The topological polar surface area (TPSA) is 130 Å². The number of sulfonamides is 1. The molecule has 0 saturated heterocycles. The summed E-state index contributed by atoms with van der Waals surface area (Å²) in [5, 5.41) is 18.0. The van der Waals surface area contributed by atoms with Crippen LogP contribution in [0.15, 0.2) is 17.0 Å². The Hall–Kier alpha value is -1.85. The van der Waals surface area contributed by atoms with Gasteiger partial charge in [0.25, 0.3) is 10.0 Å². The van der Waals surface area contributed by atoms with E-state index in [1.54, 1.807) is 0 Å². The second-order valence-corrected chi connectivity index (χ2v) is 6.62. The maximum Gasteiger partial charge on any atom is 0.318 e. The minimum absolute atomic E-state index is 0.0185. The van der Waals surface area contributed by atoms with E-state index in [0.29, 0.717) is 15.6 Å². The minimum Gasteiger partial charge on any atom is -0.480 e. The fraction of sp³-hybridized carbons (Fsp3) is 0.333. The molecular weight excluding hydrogens is 308 g/mol. The van der Waals surface area contributed by atoms with Crippen LogP contribution >= 0.6 is 11.3 Å². The molecule has 0 fully saturated rings. The zero-order valence-electron chi connectivity index (χ0n) is 10.4. The van der Waals surface area contributed by atoms with Gasteiger partial charge in [0, 0.05) is 13.5 Å². The van der Waals surface area contributed by atoms with Gasteiger partial charge >= 0.3 is 5.97 Å². The van der Waals surface area contributed by atoms with Crippen LogP contribution in [-0.4, -0.2) is 53.0 Å². The third-order valence-electron chi connectivity index (χ3n) is 1.89. The molecule has 0 aliphatic heterocycles. The van der Waals surface area contributed by atoms with Gasteiger partial charge in [0.1, 0.15) is 6.54 Å². The van der Waals surface area contributed by atoms with E-state index in [2.05, 4.69) is 22.1 Å². The van der Waals surface area contributed by atoms with Gasteiger partial charge in [-0.25, -0.2) is 8.42 Å². The predicted octanol–water partition coefficient (Wildman–Crippen LogP) is -0.242. The molecule has 0 unspecified atom stereocenters. The van der Waals surface area contributed by atoms with Gasteiger partial charge < -0.3 is 10.4 Å². The standard InChI is InChI=1S/C9H12N4O5S2/c1-3-4-13(5-7(15)16)20(17,18)9-12-11-8(19-9)10-6(2)14/h3H,1,4-5H2,2H3,(H,15,16)(H,10,11,14). The molecule has 2 N–H and O–H groups in total. The number of hydrogen-bond donors (Lipinski definition) is 2. The third kappa shape index (κ3) is 4.08. The van der Waals surface area contributed by atoms with Crippen molar-refractivity contribution >= 4 is 38.4 Å². The average molecular weight is 320 g/mol. The zero-order chi connectivity index (χ0) is 15.3. The second-order valence-electron chi connectivity index (χ2n) is 3.53. The Kier molecular flexibility index (Phi) is 5.30. The van der Waals surface area contributed by atoms with E-state index in [4.69, 9.17) is 5.11 Å². The van der Waals surface area contributed by atoms with Gasteiger partial charge in [-0.15, -0.1) is 16.8 Å². The summed E-state index contributed by atoms with van der Waals surface area (Å²) < 4.78 is 24.6. The van der Waals surface area contributed by atoms with E-state index in [-0.39, 0.29) is 11.7 Å². The van der Waals surface area contributed by atoms with E-state index in [0.717, 1.165) is 0 Å². The highest BCUT2D eigenvalue weighted by atomic mass is 32.2. The van der Waals surface area contributed by atoms with Crippen molar-refractivity contribution in [3.8, 4) is 0 Å². The lowest BCUT2D eigenvalue weighted by Gasteiger charge is -2.15. The van der Waals surface area contributed by atoms with E-state index >= 15 is 0 Å². The van der Waals surface area contributed by atoms with E-state index in [1.807, 2.05) is 0 Å². The maximum absolute atomic E-state index is 12.2. The SMILES string of the molecule is C=CCN(CC(=O)O)S(=O)(=O)c1nnc(NC(C)=O)s1. The Morgan fingerprint density at radius 3 is 2.65 bits per heavy atom. The van der Waals surface area contributed by atoms with Crippen LogP contribution in [0.3, 0.4) is 0 Å². The summed E-state index contributed by atoms with van der Waals surface area (Å²) in [5.74, 6) is -1.72. The number of carbonyl (C=O) groups is 2. The van der Waals surface area contributed by atoms with Crippen molar-refractivity contribution in [3.63, 3.8) is 0 Å². The highest BCUT2D eigenvalue weighted by Gasteiger charge is 2.29. The lowest BCUT2D eigenvalue weighted by molar-refractivity contribution is -0.137. The first-order valence-corrected chi connectivity index (χ1v) is 7.47. The number of aliphatic carboxylic acids is 1. The quantitative estimate of drug-likeness (QED) is 0.523. The molecule has 20 heavy (non-hydrogen) atoms. The lowest BCUT2D eigenvalue weighted by atomic mass is 10.6. The Balaban J connectivity index is 3.06. The Bertz CT molecular complexity index is 624. The number of anilines is 1. The van der Waals surface area contributed by atoms with Crippen molar-refractivity contribution in [2.24, 2.45) is 0 Å². The van der Waals surface area contributed by atoms with E-state index in [9.17, 15) is 18.0 Å². The number of carboxylic acids is 1. The van der Waals surface area contributed by atoms with Crippen LogP contribution < -0.4 is 5.32 Å². The number of nitrogens with zero attached hydrogens (tertiary/aromatic N) is 3. The molecular formula is C9H12N4O5S2. The molecule has 9 nitrogen and oxygen atoms in total. The summed E-state index contributed by atoms with van der Waals surface area (Å²) in [7, 11) is -4.10. The summed E-state index contributed by atoms with van der Waals surface area (Å²) in [6, 6.07) is 0. The van der Waals surface area contributed by atoms with Crippen LogP contribution in [0.1, 0.15) is 6.92 Å². The van der Waals surface area contributed by atoms with Crippen molar-refractivity contribution < 1.29 is 23.1 Å². The molecule has 0 aliphatic rings. The monoisotopic (exact) mass is 320 g/mol. The Morgan fingerprint density at radius 2 is 2.15 bits per heavy atom. The Labute approximate surface area is 119 Å². The van der Waals surface area contributed by atoms with Gasteiger partial charge in [-0.3, -0.25) is 9.59 Å². The molecule has 1 rings (SSSR count). The molecule has 0 bridgehead atoms. The van der Waals surface area contributed by atoms with Gasteiger partial charge in [0.2, 0.25) is 15.4 Å². The normalized spacial score (nSPS) is 11.3. The molecule has 1 aromatic heterocycles. The van der Waals surface area contributed by atoms with Crippen LogP contribution in [0.2, 0.25) is 0 Å². The number of rotatable bonds is 7. The fourth-order valence-corrected chi connectivity index (χ4v) is 3.61. The van der Waals surface area contributed by atoms with Gasteiger partial charge in [-0.1, -0.05) is 17.4 Å². The van der Waals surface area contributed by atoms with Gasteiger partial charge in [-0.05, 0) is 0 Å². The van der Waals surface area contributed by atoms with Gasteiger partial charge in [0.05, 0.1) is 0 Å². The number of carbonyl (C=O) groups excluding carboxylic acids is 1. The first-order chi connectivity index (χ1) is 9.27. The first kappa shape index (κ1) is 16.2. The molecule has 110 valence electrons. The molecule has 1 heterocycles. The van der Waals surface area contributed by atoms with Crippen LogP contribution in [0.5, 0.6) is 0 Å². The van der Waals surface area contributed by atoms with Crippen molar-refractivity contribution in [3.05, 3.63) is 12.7 Å². The predicted molar refractivity (Wildman–Crippen MR) is 70.8 cm³/mol. The number of amides is 1. The molecule has 11 heteroatoms. The highest BCUT2D eigenvalue weighted by Crippen LogP contribution is 2.23. The van der Waals surface area contributed by atoms with Gasteiger partial charge in [0.15, 0.2) is 0 Å². The van der Waals surface area contributed by atoms with Crippen molar-refractivity contribution in [2.75, 3.05) is 18.4 Å². The van der Waals surface area contributed by atoms with Crippen LogP contribution in [0, 0.1) is 0 Å². The Morgan fingerprint density at radius 1 is 1.50 bits per heavy atom. The molecule has 1 aromatic rings. The van der Waals surface area contributed by atoms with Crippen molar-refractivity contribution in [2.45, 2.75) is 11.3 Å². The number of carboxylic acid groups (broad SMARTS) is 1. The summed E-state index contributed by atoms with van der Waals surface area (Å²) >= 11 is 0.638. The van der Waals surface area contributed by atoms with Crippen molar-refractivity contribution in [1.29, 1.82) is 0 Å². The van der Waals surface area contributed by atoms with Gasteiger partial charge in [-0.2, -0.15) is 4.31 Å². The van der Waals surface area contributed by atoms with E-state index in [1.165, 1.54) is 13.0 Å². The molecule has 1 amide bonds. The smallest absolute Gasteiger partial charge is 0.318 e. The molecule has 0 aliphatic carbocycles. The number of nitrogens with one attached hydrogen (secondary N) is 1. The summed E-state index contributed by atoms with van der Waals surface area (Å²) in [5.41, 5.74) is 0. The van der Waals surface area contributed by atoms with E-state index < -0.39 is 32.8 Å². The lowest BCUT2D eigenvalue weighted by Crippen LogP contribution is -2.35. The van der Waals surface area contributed by atoms with Crippen molar-refractivity contribution in [1.82, 2.24) is 14.5 Å². The molecule has 0 aromatic carbocycles. The highest BCUT2D eigenvalue weighted by molar-refractivity contribution is 7.91. The maximum atomic E-state index is 12.2. The summed E-state index contributed by atoms with van der Waals surface area (Å²) in [6.45, 7) is 3.72. The van der Waals surface area contributed by atoms with Crippen LogP contribution in [-0.2, 0) is 19.6 Å². The molecule has 0 radical (unpaired) electrons. The van der Waals surface area contributed by atoms with Crippen LogP contribution in [0.25, 0.3) is 0 Å². The fourth-order valence-electron chi connectivity index (χ4n) is 1.17. The minimum atomic E-state index is -4.10. The largest absolute Gasteiger partial charge is 0.480 e.